The number of hydrogen-bond donors (Lipinski definition) is 2. The minimum atomic E-state index is 0.180. The van der Waals surface area contributed by atoms with Crippen LogP contribution in [0, 0.1) is 16.7 Å². The largest absolute Gasteiger partial charge is 0.385 e. The molecule has 1 aromatic carbocycles. The highest BCUT2D eigenvalue weighted by atomic mass is 14.9. The molecule has 16 heavy (non-hydrogen) atoms. The molecule has 1 aromatic rings. The molecule has 0 aliphatic rings. The lowest BCUT2D eigenvalue weighted by Gasteiger charge is -2.22. The molecule has 0 unspecified atom stereocenters. The van der Waals surface area contributed by atoms with Crippen molar-refractivity contribution in [2.75, 3.05) is 18.4 Å². The van der Waals surface area contributed by atoms with Gasteiger partial charge < -0.3 is 11.1 Å². The molecule has 0 amide bonds. The molecule has 0 radical (unpaired) electrons. The van der Waals surface area contributed by atoms with Crippen molar-refractivity contribution >= 4 is 5.69 Å². The highest BCUT2D eigenvalue weighted by Crippen LogP contribution is 2.18. The Bertz CT molecular complexity index is 360. The van der Waals surface area contributed by atoms with Crippen molar-refractivity contribution in [1.29, 1.82) is 5.26 Å². The molecule has 0 aromatic heterocycles. The van der Waals surface area contributed by atoms with Crippen LogP contribution in [0.4, 0.5) is 5.69 Å². The van der Waals surface area contributed by atoms with E-state index in [9.17, 15) is 0 Å². The Morgan fingerprint density at radius 3 is 2.44 bits per heavy atom. The van der Waals surface area contributed by atoms with Crippen LogP contribution in [0.3, 0.4) is 0 Å². The van der Waals surface area contributed by atoms with Gasteiger partial charge in [0.2, 0.25) is 0 Å². The Kier molecular flexibility index (Phi) is 4.33. The molecule has 0 saturated carbocycles. The highest BCUT2D eigenvalue weighted by Gasteiger charge is 2.14. The third-order valence-electron chi connectivity index (χ3n) is 2.70. The van der Waals surface area contributed by atoms with Crippen LogP contribution in [0.5, 0.6) is 0 Å². The van der Waals surface area contributed by atoms with E-state index in [1.54, 1.807) is 0 Å². The van der Waals surface area contributed by atoms with Crippen LogP contribution >= 0.6 is 0 Å². The number of anilines is 1. The van der Waals surface area contributed by atoms with Gasteiger partial charge in [-0.15, -0.1) is 0 Å². The minimum Gasteiger partial charge on any atom is -0.385 e. The second-order valence-corrected chi connectivity index (χ2v) is 4.73. The van der Waals surface area contributed by atoms with E-state index in [0.29, 0.717) is 12.1 Å². The van der Waals surface area contributed by atoms with Crippen LogP contribution in [0.1, 0.15) is 25.8 Å². The first-order valence-corrected chi connectivity index (χ1v) is 5.51. The lowest BCUT2D eigenvalue weighted by atomic mass is 9.90. The number of nitriles is 1. The van der Waals surface area contributed by atoms with Gasteiger partial charge in [0, 0.05) is 12.2 Å². The standard InChI is InChI=1S/C13H19N3/c1-13(2,10-15)7-8-16-12-5-3-11(9-14)4-6-12/h3-6,16H,7-8,10,15H2,1-2H3. The maximum Gasteiger partial charge on any atom is 0.0991 e. The summed E-state index contributed by atoms with van der Waals surface area (Å²) in [5.41, 5.74) is 7.58. The fraction of sp³-hybridized carbons (Fsp3) is 0.462. The Morgan fingerprint density at radius 1 is 1.31 bits per heavy atom. The molecule has 0 atom stereocenters. The quantitative estimate of drug-likeness (QED) is 0.795. The van der Waals surface area contributed by atoms with Gasteiger partial charge in [0.05, 0.1) is 11.6 Å². The van der Waals surface area contributed by atoms with E-state index < -0.39 is 0 Å². The third kappa shape index (κ3) is 3.92. The summed E-state index contributed by atoms with van der Waals surface area (Å²) in [6.07, 6.45) is 1.03. The average Bonchev–Trinajstić information content (AvgIpc) is 2.30. The van der Waals surface area contributed by atoms with Gasteiger partial charge >= 0.3 is 0 Å². The van der Waals surface area contributed by atoms with Gasteiger partial charge in [-0.1, -0.05) is 13.8 Å². The molecular formula is C13H19N3. The predicted octanol–water partition coefficient (Wildman–Crippen LogP) is 2.35. The molecule has 0 aliphatic heterocycles. The molecule has 0 saturated heterocycles. The molecule has 0 aliphatic carbocycles. The molecule has 0 heterocycles. The smallest absolute Gasteiger partial charge is 0.0991 e. The molecule has 0 spiro atoms. The fourth-order valence-electron chi connectivity index (χ4n) is 1.31. The third-order valence-corrected chi connectivity index (χ3v) is 2.70. The van der Waals surface area contributed by atoms with Crippen LogP contribution in [-0.2, 0) is 0 Å². The fourth-order valence-corrected chi connectivity index (χ4v) is 1.31. The molecule has 86 valence electrons. The summed E-state index contributed by atoms with van der Waals surface area (Å²) in [4.78, 5) is 0. The van der Waals surface area contributed by atoms with Crippen molar-refractivity contribution in [2.45, 2.75) is 20.3 Å². The summed E-state index contributed by atoms with van der Waals surface area (Å²) in [5, 5.41) is 12.0. The highest BCUT2D eigenvalue weighted by molar-refractivity contribution is 5.47. The maximum absolute atomic E-state index is 8.66. The Hall–Kier alpha value is -1.53. The Morgan fingerprint density at radius 2 is 1.94 bits per heavy atom. The van der Waals surface area contributed by atoms with Crippen LogP contribution in [-0.4, -0.2) is 13.1 Å². The van der Waals surface area contributed by atoms with Gasteiger partial charge in [-0.25, -0.2) is 0 Å². The van der Waals surface area contributed by atoms with Gasteiger partial charge in [-0.3, -0.25) is 0 Å². The first kappa shape index (κ1) is 12.5. The van der Waals surface area contributed by atoms with E-state index in [-0.39, 0.29) is 5.41 Å². The van der Waals surface area contributed by atoms with Crippen LogP contribution in [0.15, 0.2) is 24.3 Å². The molecule has 1 rings (SSSR count). The number of nitrogens with one attached hydrogen (secondary N) is 1. The topological polar surface area (TPSA) is 61.8 Å². The Labute approximate surface area is 97.3 Å². The van der Waals surface area contributed by atoms with Gasteiger partial charge in [0.15, 0.2) is 0 Å². The lowest BCUT2D eigenvalue weighted by Crippen LogP contribution is -2.26. The second kappa shape index (κ2) is 5.53. The van der Waals surface area contributed by atoms with Crippen molar-refractivity contribution in [2.24, 2.45) is 11.1 Å². The van der Waals surface area contributed by atoms with E-state index >= 15 is 0 Å². The molecular weight excluding hydrogens is 198 g/mol. The molecule has 3 heteroatoms. The zero-order valence-electron chi connectivity index (χ0n) is 9.96. The van der Waals surface area contributed by atoms with Gasteiger partial charge in [-0.05, 0) is 42.6 Å². The minimum absolute atomic E-state index is 0.180. The van der Waals surface area contributed by atoms with E-state index in [2.05, 4.69) is 25.2 Å². The zero-order valence-corrected chi connectivity index (χ0v) is 9.96. The van der Waals surface area contributed by atoms with E-state index in [1.165, 1.54) is 0 Å². The van der Waals surface area contributed by atoms with Crippen molar-refractivity contribution in [1.82, 2.24) is 0 Å². The molecule has 3 N–H and O–H groups in total. The first-order chi connectivity index (χ1) is 7.57. The number of benzene rings is 1. The van der Waals surface area contributed by atoms with Crippen LogP contribution < -0.4 is 11.1 Å². The van der Waals surface area contributed by atoms with E-state index in [0.717, 1.165) is 18.7 Å². The normalized spacial score (nSPS) is 10.9. The number of rotatable bonds is 5. The first-order valence-electron chi connectivity index (χ1n) is 5.51. The van der Waals surface area contributed by atoms with E-state index in [1.807, 2.05) is 24.3 Å². The molecule has 0 bridgehead atoms. The average molecular weight is 217 g/mol. The van der Waals surface area contributed by atoms with Crippen molar-refractivity contribution in [3.05, 3.63) is 29.8 Å². The SMILES string of the molecule is CC(C)(CN)CCNc1ccc(C#N)cc1. The summed E-state index contributed by atoms with van der Waals surface area (Å²) in [7, 11) is 0. The number of nitrogens with two attached hydrogens (primary N) is 1. The van der Waals surface area contributed by atoms with Crippen LogP contribution in [0.25, 0.3) is 0 Å². The van der Waals surface area contributed by atoms with Crippen molar-refractivity contribution in [3.8, 4) is 6.07 Å². The maximum atomic E-state index is 8.66. The number of nitrogens with zero attached hydrogens (tertiary/aromatic N) is 1. The zero-order chi connectivity index (χ0) is 12.0. The summed E-state index contributed by atoms with van der Waals surface area (Å²) < 4.78 is 0. The van der Waals surface area contributed by atoms with Crippen molar-refractivity contribution in [3.63, 3.8) is 0 Å². The molecule has 3 nitrogen and oxygen atoms in total. The van der Waals surface area contributed by atoms with Gasteiger partial charge in [-0.2, -0.15) is 5.26 Å². The Balaban J connectivity index is 2.41. The van der Waals surface area contributed by atoms with Gasteiger partial charge in [0.1, 0.15) is 0 Å². The molecule has 0 fully saturated rings. The summed E-state index contributed by atoms with van der Waals surface area (Å²) >= 11 is 0. The predicted molar refractivity (Wildman–Crippen MR) is 67.1 cm³/mol. The van der Waals surface area contributed by atoms with Crippen LogP contribution in [0.2, 0.25) is 0 Å². The van der Waals surface area contributed by atoms with Gasteiger partial charge in [0.25, 0.3) is 0 Å². The summed E-state index contributed by atoms with van der Waals surface area (Å²) in [6, 6.07) is 9.58. The number of hydrogen-bond acceptors (Lipinski definition) is 3. The summed E-state index contributed by atoms with van der Waals surface area (Å²) in [6.45, 7) is 5.92. The lowest BCUT2D eigenvalue weighted by molar-refractivity contribution is 0.358. The van der Waals surface area contributed by atoms with Crippen molar-refractivity contribution < 1.29 is 0 Å². The monoisotopic (exact) mass is 217 g/mol. The van der Waals surface area contributed by atoms with E-state index in [4.69, 9.17) is 11.0 Å². The summed E-state index contributed by atoms with van der Waals surface area (Å²) in [5.74, 6) is 0. The second-order valence-electron chi connectivity index (χ2n) is 4.73.